The molecule has 0 atom stereocenters. The van der Waals surface area contributed by atoms with E-state index in [1.807, 2.05) is 0 Å². The van der Waals surface area contributed by atoms with Crippen LogP contribution in [0.25, 0.3) is 0 Å². The summed E-state index contributed by atoms with van der Waals surface area (Å²) in [6.07, 6.45) is 2.02. The molecule has 0 radical (unpaired) electrons. The molecule has 0 bridgehead atoms. The Kier molecular flexibility index (Phi) is 5.41. The molecule has 0 saturated carbocycles. The van der Waals surface area contributed by atoms with Gasteiger partial charge in [-0.2, -0.15) is 0 Å². The molecular formula is C20H24N2O4S. The monoisotopic (exact) mass is 388 g/mol. The summed E-state index contributed by atoms with van der Waals surface area (Å²) < 4.78 is 33.6. The highest BCUT2D eigenvalue weighted by molar-refractivity contribution is 7.92. The highest BCUT2D eigenvalue weighted by Gasteiger charge is 2.22. The van der Waals surface area contributed by atoms with Gasteiger partial charge in [0.05, 0.1) is 12.0 Å². The van der Waals surface area contributed by atoms with Crippen LogP contribution in [0.4, 0.5) is 5.69 Å². The van der Waals surface area contributed by atoms with Gasteiger partial charge in [-0.1, -0.05) is 6.07 Å². The van der Waals surface area contributed by atoms with E-state index in [9.17, 15) is 13.2 Å². The third kappa shape index (κ3) is 4.08. The van der Waals surface area contributed by atoms with Crippen LogP contribution in [0.3, 0.4) is 0 Å². The summed E-state index contributed by atoms with van der Waals surface area (Å²) in [6.45, 7) is 5.02. The van der Waals surface area contributed by atoms with Crippen molar-refractivity contribution in [2.24, 2.45) is 0 Å². The molecule has 6 nitrogen and oxygen atoms in total. The summed E-state index contributed by atoms with van der Waals surface area (Å²) in [6, 6.07) is 9.93. The number of rotatable bonds is 5. The topological polar surface area (TPSA) is 75.7 Å². The number of methoxy groups -OCH3 is 1. The summed E-state index contributed by atoms with van der Waals surface area (Å²) in [5.74, 6) is 0.578. The molecule has 2 aromatic rings. The van der Waals surface area contributed by atoms with E-state index in [1.54, 1.807) is 62.3 Å². The maximum Gasteiger partial charge on any atom is 0.262 e. The largest absolute Gasteiger partial charge is 0.496 e. The molecule has 1 fully saturated rings. The summed E-state index contributed by atoms with van der Waals surface area (Å²) in [5, 5.41) is 0. The van der Waals surface area contributed by atoms with E-state index in [-0.39, 0.29) is 10.8 Å². The van der Waals surface area contributed by atoms with Crippen LogP contribution in [0, 0.1) is 13.8 Å². The summed E-state index contributed by atoms with van der Waals surface area (Å²) in [5.41, 5.74) is 2.18. The molecule has 1 heterocycles. The van der Waals surface area contributed by atoms with Crippen molar-refractivity contribution in [2.45, 2.75) is 31.6 Å². The summed E-state index contributed by atoms with van der Waals surface area (Å²) in [4.78, 5) is 14.5. The number of ether oxygens (including phenoxy) is 1. The number of sulfonamides is 1. The van der Waals surface area contributed by atoms with E-state index in [1.165, 1.54) is 0 Å². The van der Waals surface area contributed by atoms with Gasteiger partial charge in [0.1, 0.15) is 5.75 Å². The Morgan fingerprint density at radius 1 is 1.07 bits per heavy atom. The average Bonchev–Trinajstić information content (AvgIpc) is 3.17. The Morgan fingerprint density at radius 3 is 2.44 bits per heavy atom. The standard InChI is InChI=1S/C20H24N2O4S/c1-14-12-19(15(2)11-18(14)26-3)27(24,25)21-17-8-6-7-16(13-17)20(23)22-9-4-5-10-22/h6-8,11-13,21H,4-5,9-10H2,1-3H3. The number of anilines is 1. The minimum atomic E-state index is -3.78. The first-order valence-electron chi connectivity index (χ1n) is 8.89. The van der Waals surface area contributed by atoms with Crippen LogP contribution in [0.1, 0.15) is 34.3 Å². The van der Waals surface area contributed by atoms with Gasteiger partial charge in [0, 0.05) is 24.3 Å². The maximum absolute atomic E-state index is 12.9. The highest BCUT2D eigenvalue weighted by atomic mass is 32.2. The van der Waals surface area contributed by atoms with Crippen molar-refractivity contribution in [3.8, 4) is 5.75 Å². The summed E-state index contributed by atoms with van der Waals surface area (Å²) in [7, 11) is -2.23. The Morgan fingerprint density at radius 2 is 1.78 bits per heavy atom. The molecule has 0 unspecified atom stereocenters. The average molecular weight is 388 g/mol. The number of aryl methyl sites for hydroxylation is 2. The lowest BCUT2D eigenvalue weighted by molar-refractivity contribution is 0.0793. The van der Waals surface area contributed by atoms with Crippen LogP contribution >= 0.6 is 0 Å². The number of likely N-dealkylation sites (tertiary alicyclic amines) is 1. The van der Waals surface area contributed by atoms with Gasteiger partial charge in [-0.25, -0.2) is 8.42 Å². The molecular weight excluding hydrogens is 364 g/mol. The minimum absolute atomic E-state index is 0.0648. The highest BCUT2D eigenvalue weighted by Crippen LogP contribution is 2.27. The Hall–Kier alpha value is -2.54. The van der Waals surface area contributed by atoms with E-state index in [2.05, 4.69) is 4.72 Å². The van der Waals surface area contributed by atoms with Crippen LogP contribution in [0.15, 0.2) is 41.3 Å². The maximum atomic E-state index is 12.9. The lowest BCUT2D eigenvalue weighted by Gasteiger charge is -2.16. The lowest BCUT2D eigenvalue weighted by atomic mass is 10.1. The second-order valence-corrected chi connectivity index (χ2v) is 8.42. The van der Waals surface area contributed by atoms with Crippen molar-refractivity contribution in [2.75, 3.05) is 24.9 Å². The molecule has 27 heavy (non-hydrogen) atoms. The quantitative estimate of drug-likeness (QED) is 0.852. The molecule has 1 saturated heterocycles. The molecule has 3 rings (SSSR count). The number of hydrogen-bond donors (Lipinski definition) is 1. The SMILES string of the molecule is COc1cc(C)c(S(=O)(=O)Nc2cccc(C(=O)N3CCCC3)c2)cc1C. The van der Waals surface area contributed by atoms with Crippen molar-refractivity contribution in [1.82, 2.24) is 4.90 Å². The van der Waals surface area contributed by atoms with Crippen molar-refractivity contribution in [3.05, 3.63) is 53.1 Å². The zero-order valence-corrected chi connectivity index (χ0v) is 16.6. The van der Waals surface area contributed by atoms with Gasteiger partial charge < -0.3 is 9.64 Å². The third-order valence-electron chi connectivity index (χ3n) is 4.74. The molecule has 7 heteroatoms. The van der Waals surface area contributed by atoms with E-state index in [4.69, 9.17) is 4.74 Å². The number of carbonyl (C=O) groups excluding carboxylic acids is 1. The summed E-state index contributed by atoms with van der Waals surface area (Å²) >= 11 is 0. The van der Waals surface area contributed by atoms with E-state index in [0.717, 1.165) is 31.5 Å². The first-order valence-corrected chi connectivity index (χ1v) is 10.4. The molecule has 2 aromatic carbocycles. The second kappa shape index (κ2) is 7.60. The Bertz CT molecular complexity index is 964. The molecule has 0 aromatic heterocycles. The van der Waals surface area contributed by atoms with Gasteiger partial charge in [-0.05, 0) is 68.1 Å². The van der Waals surface area contributed by atoms with Crippen LogP contribution in [-0.4, -0.2) is 39.4 Å². The van der Waals surface area contributed by atoms with E-state index >= 15 is 0 Å². The molecule has 1 aliphatic heterocycles. The van der Waals surface area contributed by atoms with Crippen LogP contribution < -0.4 is 9.46 Å². The Labute approximate surface area is 160 Å². The minimum Gasteiger partial charge on any atom is -0.496 e. The van der Waals surface area contributed by atoms with E-state index < -0.39 is 10.0 Å². The van der Waals surface area contributed by atoms with Crippen LogP contribution in [0.5, 0.6) is 5.75 Å². The van der Waals surface area contributed by atoms with Gasteiger partial charge in [0.15, 0.2) is 0 Å². The molecule has 144 valence electrons. The second-order valence-electron chi connectivity index (χ2n) is 6.77. The predicted molar refractivity (Wildman–Crippen MR) is 105 cm³/mol. The van der Waals surface area contributed by atoms with Crippen LogP contribution in [0.2, 0.25) is 0 Å². The first-order chi connectivity index (χ1) is 12.8. The van der Waals surface area contributed by atoms with Gasteiger partial charge in [-0.15, -0.1) is 0 Å². The van der Waals surface area contributed by atoms with Crippen molar-refractivity contribution in [3.63, 3.8) is 0 Å². The van der Waals surface area contributed by atoms with Crippen LogP contribution in [-0.2, 0) is 10.0 Å². The molecule has 1 aliphatic rings. The smallest absolute Gasteiger partial charge is 0.262 e. The number of nitrogens with zero attached hydrogens (tertiary/aromatic N) is 1. The first kappa shape index (κ1) is 19.2. The van der Waals surface area contributed by atoms with Gasteiger partial charge in [0.2, 0.25) is 0 Å². The fraction of sp³-hybridized carbons (Fsp3) is 0.350. The number of benzene rings is 2. The van der Waals surface area contributed by atoms with Gasteiger partial charge >= 0.3 is 0 Å². The number of carbonyl (C=O) groups is 1. The third-order valence-corrected chi connectivity index (χ3v) is 6.26. The van der Waals surface area contributed by atoms with Crippen molar-refractivity contribution < 1.29 is 17.9 Å². The molecule has 0 spiro atoms. The molecule has 1 N–H and O–H groups in total. The Balaban J connectivity index is 1.87. The predicted octanol–water partition coefficient (Wildman–Crippen LogP) is 3.35. The fourth-order valence-electron chi connectivity index (χ4n) is 3.30. The number of amides is 1. The fourth-order valence-corrected chi connectivity index (χ4v) is 4.66. The number of nitrogens with one attached hydrogen (secondary N) is 1. The van der Waals surface area contributed by atoms with Crippen molar-refractivity contribution in [1.29, 1.82) is 0 Å². The van der Waals surface area contributed by atoms with Crippen molar-refractivity contribution >= 4 is 21.6 Å². The zero-order valence-electron chi connectivity index (χ0n) is 15.8. The van der Waals surface area contributed by atoms with E-state index in [0.29, 0.717) is 22.6 Å². The number of hydrogen-bond acceptors (Lipinski definition) is 4. The molecule has 1 amide bonds. The van der Waals surface area contributed by atoms with Gasteiger partial charge in [-0.3, -0.25) is 9.52 Å². The van der Waals surface area contributed by atoms with Gasteiger partial charge in [0.25, 0.3) is 15.9 Å². The lowest BCUT2D eigenvalue weighted by Crippen LogP contribution is -2.27. The zero-order chi connectivity index (χ0) is 19.6. The molecule has 0 aliphatic carbocycles. The normalized spacial score (nSPS) is 14.3.